The van der Waals surface area contributed by atoms with E-state index >= 15 is 0 Å². The number of carbonyl (C=O) groups excluding carboxylic acids is 3. The van der Waals surface area contributed by atoms with E-state index in [1.54, 1.807) is 43.5 Å². The van der Waals surface area contributed by atoms with Crippen LogP contribution in [0.15, 0.2) is 112 Å². The predicted molar refractivity (Wildman–Crippen MR) is 204 cm³/mol. The summed E-state index contributed by atoms with van der Waals surface area (Å²) in [6, 6.07) is 22.8. The Morgan fingerprint density at radius 3 is 2.51 bits per heavy atom. The summed E-state index contributed by atoms with van der Waals surface area (Å²) in [7, 11) is -2.51. The molecule has 2 aliphatic heterocycles. The number of furan rings is 1. The van der Waals surface area contributed by atoms with Gasteiger partial charge >= 0.3 is 0 Å². The second kappa shape index (κ2) is 15.7. The minimum Gasteiger partial charge on any atom is -0.497 e. The van der Waals surface area contributed by atoms with Crippen molar-refractivity contribution in [1.29, 1.82) is 0 Å². The Morgan fingerprint density at radius 1 is 1.00 bits per heavy atom. The minimum atomic E-state index is -3.99. The van der Waals surface area contributed by atoms with Crippen molar-refractivity contribution in [3.8, 4) is 5.75 Å². The Morgan fingerprint density at radius 2 is 1.76 bits per heavy atom. The quantitative estimate of drug-likeness (QED) is 0.130. The average molecular weight is 786 g/mol. The van der Waals surface area contributed by atoms with Crippen molar-refractivity contribution in [3.05, 3.63) is 130 Å². The smallest absolute Gasteiger partial charge is 0.290 e. The van der Waals surface area contributed by atoms with Crippen LogP contribution >= 0.6 is 11.6 Å². The first-order valence-electron chi connectivity index (χ1n) is 17.3. The molecule has 0 saturated heterocycles. The Hall–Kier alpha value is -5.51. The maximum atomic E-state index is 13.8. The molecule has 1 aromatic heterocycles. The van der Waals surface area contributed by atoms with Gasteiger partial charge in [-0.3, -0.25) is 14.4 Å². The van der Waals surface area contributed by atoms with Crippen molar-refractivity contribution in [2.24, 2.45) is 0 Å². The molecule has 2 aliphatic rings. The molecule has 2 unspecified atom stereocenters. The normalized spacial score (nSPS) is 17.0. The first kappa shape index (κ1) is 37.8. The number of aliphatic hydroxyl groups excluding tert-OH is 1. The first-order chi connectivity index (χ1) is 26.5. The number of allylic oxidation sites excluding steroid dienone is 1. The first-order valence-corrected chi connectivity index (χ1v) is 19.1. The standard InChI is InChI=1S/C40H36ClN3O10S/c1-24-19-27(8-14-34(24)44-39(47)31-13-7-26(41)22-32(31)40(44)48)42-38(46)36-20-25(33-23-53-35-6-4-3-5-30(33)35)21-37(54-36)52-18-16-43(15-17-45)55(49,50)29-11-9-28(51-2)10-12-29/h3-14,19-20,22-23,25,37,45H,15-18,21H2,1-2H3,(H,42,46). The highest BCUT2D eigenvalue weighted by atomic mass is 35.5. The van der Waals surface area contributed by atoms with Gasteiger partial charge in [0, 0.05) is 47.1 Å². The number of hydrogen-bond donors (Lipinski definition) is 2. The molecule has 4 aromatic carbocycles. The van der Waals surface area contributed by atoms with Crippen molar-refractivity contribution in [2.45, 2.75) is 30.4 Å². The van der Waals surface area contributed by atoms with Gasteiger partial charge in [-0.2, -0.15) is 4.31 Å². The van der Waals surface area contributed by atoms with E-state index in [1.165, 1.54) is 43.5 Å². The monoisotopic (exact) mass is 785 g/mol. The van der Waals surface area contributed by atoms with Crippen LogP contribution in [0.4, 0.5) is 11.4 Å². The molecule has 13 nitrogen and oxygen atoms in total. The van der Waals surface area contributed by atoms with Crippen molar-refractivity contribution in [3.63, 3.8) is 0 Å². The number of carbonyl (C=O) groups is 3. The number of nitrogens with one attached hydrogen (secondary N) is 1. The lowest BCUT2D eigenvalue weighted by Gasteiger charge is -2.30. The summed E-state index contributed by atoms with van der Waals surface area (Å²) in [6.07, 6.45) is 2.63. The van der Waals surface area contributed by atoms with Gasteiger partial charge in [-0.05, 0) is 85.3 Å². The van der Waals surface area contributed by atoms with E-state index in [9.17, 15) is 27.9 Å². The van der Waals surface area contributed by atoms with Crippen molar-refractivity contribution < 1.29 is 46.5 Å². The number of para-hydroxylation sites is 1. The summed E-state index contributed by atoms with van der Waals surface area (Å²) in [4.78, 5) is 41.3. The molecule has 2 N–H and O–H groups in total. The zero-order valence-electron chi connectivity index (χ0n) is 29.7. The van der Waals surface area contributed by atoms with E-state index in [4.69, 9.17) is 30.2 Å². The van der Waals surface area contributed by atoms with E-state index in [0.29, 0.717) is 33.3 Å². The number of sulfonamides is 1. The Kier molecular flexibility index (Phi) is 10.8. The van der Waals surface area contributed by atoms with Crippen LogP contribution in [-0.2, 0) is 24.3 Å². The van der Waals surface area contributed by atoms with Crippen LogP contribution < -0.4 is 15.0 Å². The second-order valence-electron chi connectivity index (χ2n) is 12.9. The molecule has 284 valence electrons. The molecule has 7 rings (SSSR count). The van der Waals surface area contributed by atoms with Crippen molar-refractivity contribution in [2.75, 3.05) is 43.6 Å². The van der Waals surface area contributed by atoms with Crippen LogP contribution in [-0.4, -0.2) is 75.3 Å². The molecule has 2 atom stereocenters. The molecule has 0 bridgehead atoms. The molecule has 0 radical (unpaired) electrons. The Balaban J connectivity index is 1.09. The second-order valence-corrected chi connectivity index (χ2v) is 15.2. The summed E-state index contributed by atoms with van der Waals surface area (Å²) < 4.78 is 51.1. The largest absolute Gasteiger partial charge is 0.497 e. The topological polar surface area (TPSA) is 165 Å². The number of aryl methyl sites for hydroxylation is 1. The van der Waals surface area contributed by atoms with Gasteiger partial charge in [-0.1, -0.05) is 29.8 Å². The number of rotatable bonds is 13. The SMILES string of the molecule is COc1ccc(S(=O)(=O)N(CCO)CCOC2CC(c3coc4ccccc34)C=C(C(=O)Nc3ccc(N4C(=O)c5ccc(Cl)cc5C4=O)c(C)c3)O2)cc1. The summed E-state index contributed by atoms with van der Waals surface area (Å²) in [5.41, 5.74) is 3.24. The number of amides is 3. The van der Waals surface area contributed by atoms with Crippen LogP contribution in [0.1, 0.15) is 44.2 Å². The highest BCUT2D eigenvalue weighted by Gasteiger charge is 2.38. The number of hydrogen-bond acceptors (Lipinski definition) is 10. The minimum absolute atomic E-state index is 0.0290. The van der Waals surface area contributed by atoms with E-state index in [2.05, 4.69) is 5.32 Å². The zero-order valence-corrected chi connectivity index (χ0v) is 31.3. The van der Waals surface area contributed by atoms with Gasteiger partial charge in [0.2, 0.25) is 16.3 Å². The van der Waals surface area contributed by atoms with Crippen LogP contribution in [0, 0.1) is 6.92 Å². The fourth-order valence-electron chi connectivity index (χ4n) is 6.68. The molecule has 15 heteroatoms. The lowest BCUT2D eigenvalue weighted by Crippen LogP contribution is -2.37. The number of methoxy groups -OCH3 is 1. The third kappa shape index (κ3) is 7.59. The van der Waals surface area contributed by atoms with Gasteiger partial charge < -0.3 is 29.1 Å². The Bertz CT molecular complexity index is 2430. The van der Waals surface area contributed by atoms with Crippen molar-refractivity contribution >= 4 is 61.7 Å². The third-order valence-corrected chi connectivity index (χ3v) is 11.6. The highest BCUT2D eigenvalue weighted by molar-refractivity contribution is 7.89. The van der Waals surface area contributed by atoms with Gasteiger partial charge in [-0.15, -0.1) is 0 Å². The van der Waals surface area contributed by atoms with Crippen molar-refractivity contribution in [1.82, 2.24) is 4.31 Å². The molecule has 5 aromatic rings. The van der Waals surface area contributed by atoms with E-state index < -0.39 is 40.6 Å². The number of fused-ring (bicyclic) bond motifs is 2. The summed E-state index contributed by atoms with van der Waals surface area (Å²) in [6.45, 7) is 0.923. The van der Waals surface area contributed by atoms with Crippen LogP contribution in [0.25, 0.3) is 11.0 Å². The number of imide groups is 1. The van der Waals surface area contributed by atoms with Crippen LogP contribution in [0.3, 0.4) is 0 Å². The maximum Gasteiger partial charge on any atom is 0.290 e. The molecule has 3 amide bonds. The fourth-order valence-corrected chi connectivity index (χ4v) is 8.26. The lowest BCUT2D eigenvalue weighted by atomic mass is 9.92. The molecule has 0 saturated carbocycles. The number of nitrogens with zero attached hydrogens (tertiary/aromatic N) is 2. The summed E-state index contributed by atoms with van der Waals surface area (Å²) in [5, 5.41) is 13.7. The lowest BCUT2D eigenvalue weighted by molar-refractivity contribution is -0.143. The van der Waals surface area contributed by atoms with Gasteiger partial charge in [0.05, 0.1) is 48.3 Å². The average Bonchev–Trinajstić information content (AvgIpc) is 3.72. The molecule has 0 spiro atoms. The van der Waals surface area contributed by atoms with Crippen LogP contribution in [0.2, 0.25) is 5.02 Å². The number of anilines is 2. The number of benzene rings is 4. The molecule has 0 fully saturated rings. The van der Waals surface area contributed by atoms with Gasteiger partial charge in [0.25, 0.3) is 17.7 Å². The van der Waals surface area contributed by atoms with Gasteiger partial charge in [0.1, 0.15) is 11.3 Å². The van der Waals surface area contributed by atoms with E-state index in [0.717, 1.165) is 20.2 Å². The van der Waals surface area contributed by atoms with Gasteiger partial charge in [0.15, 0.2) is 5.76 Å². The fraction of sp³-hybridized carbons (Fsp3) is 0.225. The van der Waals surface area contributed by atoms with Gasteiger partial charge in [-0.25, -0.2) is 13.3 Å². The third-order valence-electron chi connectivity index (χ3n) is 9.43. The molecule has 55 heavy (non-hydrogen) atoms. The van der Waals surface area contributed by atoms with Crippen LogP contribution in [0.5, 0.6) is 5.75 Å². The number of aliphatic hydroxyl groups is 1. The molecule has 3 heterocycles. The molecular formula is C40H36ClN3O10S. The zero-order chi connectivity index (χ0) is 38.9. The maximum absolute atomic E-state index is 13.8. The summed E-state index contributed by atoms with van der Waals surface area (Å²) in [5.74, 6) is -1.48. The molecule has 0 aliphatic carbocycles. The summed E-state index contributed by atoms with van der Waals surface area (Å²) >= 11 is 6.08. The predicted octanol–water partition coefficient (Wildman–Crippen LogP) is 6.26. The number of halogens is 1. The van der Waals surface area contributed by atoms with E-state index in [-0.39, 0.29) is 53.8 Å². The van der Waals surface area contributed by atoms with E-state index in [1.807, 2.05) is 24.3 Å². The highest BCUT2D eigenvalue weighted by Crippen LogP contribution is 2.37. The molecular weight excluding hydrogens is 750 g/mol. The number of ether oxygens (including phenoxy) is 3. The Labute approximate surface area is 321 Å².